The number of esters is 1. The van der Waals surface area contributed by atoms with E-state index in [4.69, 9.17) is 14.6 Å². The van der Waals surface area contributed by atoms with Gasteiger partial charge in [-0.3, -0.25) is 0 Å². The van der Waals surface area contributed by atoms with Crippen molar-refractivity contribution in [2.45, 2.75) is 50.8 Å². The minimum absolute atomic E-state index is 0.270. The molecule has 0 aromatic rings. The summed E-state index contributed by atoms with van der Waals surface area (Å²) in [4.78, 5) is 11.5. The summed E-state index contributed by atoms with van der Waals surface area (Å²) in [5.41, 5.74) is 0. The third-order valence-corrected chi connectivity index (χ3v) is 2.67. The summed E-state index contributed by atoms with van der Waals surface area (Å²) in [6, 6.07) is 0. The molecule has 6 nitrogen and oxygen atoms in total. The zero-order valence-corrected chi connectivity index (χ0v) is 9.37. The second kappa shape index (κ2) is 5.58. The van der Waals surface area contributed by atoms with E-state index in [1.165, 1.54) is 0 Å². The first-order valence-electron chi connectivity index (χ1n) is 5.34. The van der Waals surface area contributed by atoms with E-state index < -0.39 is 37.0 Å². The Labute approximate surface area is 93.8 Å². The van der Waals surface area contributed by atoms with Crippen molar-refractivity contribution < 1.29 is 29.6 Å². The van der Waals surface area contributed by atoms with Crippen LogP contribution in [0.5, 0.6) is 0 Å². The first-order chi connectivity index (χ1) is 7.51. The van der Waals surface area contributed by atoms with Crippen molar-refractivity contribution in [2.75, 3.05) is 6.61 Å². The number of ether oxygens (including phenoxy) is 2. The standard InChI is InChI=1S/C10H18O6/c1-3-5(2)15-10(14)9-8(13)7(12)6(4-11)16-9/h5-9,11-13H,3-4H2,1-2H3/t5?,6-,7-,8+,9-/m1/s1. The van der Waals surface area contributed by atoms with E-state index in [1.54, 1.807) is 6.92 Å². The molecule has 1 fully saturated rings. The third kappa shape index (κ3) is 2.70. The quantitative estimate of drug-likeness (QED) is 0.529. The van der Waals surface area contributed by atoms with Crippen molar-refractivity contribution in [3.63, 3.8) is 0 Å². The van der Waals surface area contributed by atoms with E-state index >= 15 is 0 Å². The Morgan fingerprint density at radius 2 is 2.06 bits per heavy atom. The largest absolute Gasteiger partial charge is 0.461 e. The van der Waals surface area contributed by atoms with Crippen LogP contribution in [0.4, 0.5) is 0 Å². The van der Waals surface area contributed by atoms with Gasteiger partial charge in [0.25, 0.3) is 0 Å². The lowest BCUT2D eigenvalue weighted by atomic mass is 10.1. The Morgan fingerprint density at radius 1 is 1.44 bits per heavy atom. The molecule has 0 aliphatic carbocycles. The van der Waals surface area contributed by atoms with Crippen molar-refractivity contribution in [1.82, 2.24) is 0 Å². The maximum Gasteiger partial charge on any atom is 0.338 e. The number of carbonyl (C=O) groups excluding carboxylic acids is 1. The number of carbonyl (C=O) groups is 1. The van der Waals surface area contributed by atoms with Crippen LogP contribution >= 0.6 is 0 Å². The molecule has 1 saturated heterocycles. The molecule has 1 aliphatic heterocycles. The van der Waals surface area contributed by atoms with E-state index in [9.17, 15) is 15.0 Å². The molecule has 1 rings (SSSR count). The summed E-state index contributed by atoms with van der Waals surface area (Å²) in [5.74, 6) is -0.711. The molecule has 0 spiro atoms. The minimum Gasteiger partial charge on any atom is -0.461 e. The third-order valence-electron chi connectivity index (χ3n) is 2.67. The van der Waals surface area contributed by atoms with Gasteiger partial charge in [0.05, 0.1) is 12.7 Å². The molecule has 0 bridgehead atoms. The first kappa shape index (κ1) is 13.4. The summed E-state index contributed by atoms with van der Waals surface area (Å²) in [5, 5.41) is 27.8. The molecule has 1 aliphatic rings. The lowest BCUT2D eigenvalue weighted by molar-refractivity contribution is -0.165. The van der Waals surface area contributed by atoms with E-state index in [0.29, 0.717) is 6.42 Å². The Hall–Kier alpha value is -0.690. The number of hydrogen-bond donors (Lipinski definition) is 3. The highest BCUT2D eigenvalue weighted by molar-refractivity contribution is 5.76. The fraction of sp³-hybridized carbons (Fsp3) is 0.900. The number of aliphatic hydroxyl groups is 3. The van der Waals surface area contributed by atoms with Gasteiger partial charge in [0.1, 0.15) is 18.3 Å². The van der Waals surface area contributed by atoms with Crippen molar-refractivity contribution in [3.05, 3.63) is 0 Å². The lowest BCUT2D eigenvalue weighted by Crippen LogP contribution is -2.38. The average molecular weight is 234 g/mol. The van der Waals surface area contributed by atoms with Gasteiger partial charge in [-0.1, -0.05) is 6.92 Å². The van der Waals surface area contributed by atoms with Crippen LogP contribution in [0.15, 0.2) is 0 Å². The van der Waals surface area contributed by atoms with Crippen LogP contribution in [0.1, 0.15) is 20.3 Å². The summed E-state index contributed by atoms with van der Waals surface area (Å²) < 4.78 is 10.00. The lowest BCUT2D eigenvalue weighted by Gasteiger charge is -2.16. The van der Waals surface area contributed by atoms with E-state index in [0.717, 1.165) is 0 Å². The maximum atomic E-state index is 11.5. The van der Waals surface area contributed by atoms with Crippen LogP contribution in [-0.4, -0.2) is 58.4 Å². The van der Waals surface area contributed by atoms with Crippen LogP contribution in [0.3, 0.4) is 0 Å². The fourth-order valence-electron chi connectivity index (χ4n) is 1.44. The maximum absolute atomic E-state index is 11.5. The Bertz CT molecular complexity index is 243. The minimum atomic E-state index is -1.35. The zero-order valence-electron chi connectivity index (χ0n) is 9.37. The molecule has 0 aromatic carbocycles. The SMILES string of the molecule is CCC(C)OC(=O)[C@@H]1O[C@H](CO)[C@@H](O)[C@@H]1O. The van der Waals surface area contributed by atoms with Crippen molar-refractivity contribution >= 4 is 5.97 Å². The molecule has 6 heteroatoms. The molecule has 5 atom stereocenters. The normalized spacial score (nSPS) is 36.1. The van der Waals surface area contributed by atoms with Gasteiger partial charge in [-0.25, -0.2) is 4.79 Å². The van der Waals surface area contributed by atoms with Crippen LogP contribution in [0, 0.1) is 0 Å². The van der Waals surface area contributed by atoms with Gasteiger partial charge in [-0.15, -0.1) is 0 Å². The summed E-state index contributed by atoms with van der Waals surface area (Å²) >= 11 is 0. The molecule has 3 N–H and O–H groups in total. The number of rotatable bonds is 4. The van der Waals surface area contributed by atoms with Crippen LogP contribution in [-0.2, 0) is 14.3 Å². The predicted molar refractivity (Wildman–Crippen MR) is 53.6 cm³/mol. The summed E-state index contributed by atoms with van der Waals surface area (Å²) in [6.45, 7) is 3.12. The van der Waals surface area contributed by atoms with E-state index in [1.807, 2.05) is 6.92 Å². The zero-order chi connectivity index (χ0) is 12.3. The van der Waals surface area contributed by atoms with Gasteiger partial charge < -0.3 is 24.8 Å². The van der Waals surface area contributed by atoms with Gasteiger partial charge in [0, 0.05) is 0 Å². The highest BCUT2D eigenvalue weighted by atomic mass is 16.6. The topological polar surface area (TPSA) is 96.2 Å². The second-order valence-electron chi connectivity index (χ2n) is 3.91. The summed E-state index contributed by atoms with van der Waals surface area (Å²) in [6.07, 6.45) is -4.40. The molecular weight excluding hydrogens is 216 g/mol. The second-order valence-corrected chi connectivity index (χ2v) is 3.91. The molecule has 0 aromatic heterocycles. The molecule has 0 amide bonds. The van der Waals surface area contributed by atoms with Gasteiger partial charge in [-0.2, -0.15) is 0 Å². The number of hydrogen-bond acceptors (Lipinski definition) is 6. The summed E-state index contributed by atoms with van der Waals surface area (Å²) in [7, 11) is 0. The van der Waals surface area contributed by atoms with Gasteiger partial charge in [0.2, 0.25) is 0 Å². The van der Waals surface area contributed by atoms with Gasteiger partial charge in [0.15, 0.2) is 6.10 Å². The van der Waals surface area contributed by atoms with Gasteiger partial charge in [-0.05, 0) is 13.3 Å². The fourth-order valence-corrected chi connectivity index (χ4v) is 1.44. The molecule has 1 heterocycles. The highest BCUT2D eigenvalue weighted by Gasteiger charge is 2.47. The van der Waals surface area contributed by atoms with Crippen molar-refractivity contribution in [3.8, 4) is 0 Å². The van der Waals surface area contributed by atoms with Crippen LogP contribution in [0.25, 0.3) is 0 Å². The van der Waals surface area contributed by atoms with Crippen molar-refractivity contribution in [2.24, 2.45) is 0 Å². The molecular formula is C10H18O6. The first-order valence-corrected chi connectivity index (χ1v) is 5.34. The number of aliphatic hydroxyl groups excluding tert-OH is 3. The van der Waals surface area contributed by atoms with Crippen molar-refractivity contribution in [1.29, 1.82) is 0 Å². The Kier molecular flexibility index (Phi) is 4.67. The molecule has 1 unspecified atom stereocenters. The Balaban J connectivity index is 2.57. The van der Waals surface area contributed by atoms with E-state index in [-0.39, 0.29) is 6.10 Å². The molecule has 16 heavy (non-hydrogen) atoms. The van der Waals surface area contributed by atoms with Crippen LogP contribution < -0.4 is 0 Å². The molecule has 0 radical (unpaired) electrons. The monoisotopic (exact) mass is 234 g/mol. The average Bonchev–Trinajstić information content (AvgIpc) is 2.55. The van der Waals surface area contributed by atoms with Crippen LogP contribution in [0.2, 0.25) is 0 Å². The van der Waals surface area contributed by atoms with Gasteiger partial charge >= 0.3 is 5.97 Å². The smallest absolute Gasteiger partial charge is 0.338 e. The molecule has 94 valence electrons. The highest BCUT2D eigenvalue weighted by Crippen LogP contribution is 2.22. The molecule has 0 saturated carbocycles. The Morgan fingerprint density at radius 3 is 2.50 bits per heavy atom. The predicted octanol–water partition coefficient (Wildman–Crippen LogP) is -1.19. The van der Waals surface area contributed by atoms with E-state index in [2.05, 4.69) is 0 Å².